The molecule has 1 saturated heterocycles. The minimum Gasteiger partial charge on any atom is -0.453 e. The Bertz CT molecular complexity index is 740. The lowest BCUT2D eigenvalue weighted by Crippen LogP contribution is -2.50. The van der Waals surface area contributed by atoms with Crippen molar-refractivity contribution in [3.8, 4) is 5.69 Å². The monoisotopic (exact) mass is 358 g/mol. The van der Waals surface area contributed by atoms with Crippen molar-refractivity contribution in [1.82, 2.24) is 30.1 Å². The maximum atomic E-state index is 12.2. The molecule has 0 saturated carbocycles. The molecule has 3 rings (SSSR count). The van der Waals surface area contributed by atoms with E-state index in [0.717, 1.165) is 18.8 Å². The van der Waals surface area contributed by atoms with Crippen LogP contribution in [-0.4, -0.2) is 83.2 Å². The van der Waals surface area contributed by atoms with Crippen LogP contribution >= 0.6 is 0 Å². The van der Waals surface area contributed by atoms with Crippen molar-refractivity contribution in [3.63, 3.8) is 0 Å². The number of aromatic nitrogens is 3. The molecule has 0 radical (unpaired) electrons. The SMILES string of the molecule is COC(=O)N1CCN(CCNC(=O)c2cnn(-c3ccccc3)n2)CC1. The zero-order chi connectivity index (χ0) is 18.4. The highest BCUT2D eigenvalue weighted by Gasteiger charge is 2.21. The highest BCUT2D eigenvalue weighted by Crippen LogP contribution is 2.05. The van der Waals surface area contributed by atoms with Gasteiger partial charge in [0, 0.05) is 39.3 Å². The highest BCUT2D eigenvalue weighted by molar-refractivity contribution is 5.91. The molecule has 1 fully saturated rings. The van der Waals surface area contributed by atoms with E-state index in [2.05, 4.69) is 20.4 Å². The van der Waals surface area contributed by atoms with Gasteiger partial charge in [-0.15, -0.1) is 5.10 Å². The molecule has 1 aromatic heterocycles. The van der Waals surface area contributed by atoms with Crippen LogP contribution in [-0.2, 0) is 4.74 Å². The Morgan fingerprint density at radius 3 is 2.58 bits per heavy atom. The molecule has 26 heavy (non-hydrogen) atoms. The Labute approximate surface area is 151 Å². The first-order valence-corrected chi connectivity index (χ1v) is 8.48. The van der Waals surface area contributed by atoms with Gasteiger partial charge in [0.1, 0.15) is 0 Å². The average Bonchev–Trinajstić information content (AvgIpc) is 3.19. The Kier molecular flexibility index (Phi) is 5.80. The van der Waals surface area contributed by atoms with Crippen LogP contribution in [0.25, 0.3) is 5.69 Å². The van der Waals surface area contributed by atoms with E-state index >= 15 is 0 Å². The smallest absolute Gasteiger partial charge is 0.409 e. The summed E-state index contributed by atoms with van der Waals surface area (Å²) in [7, 11) is 1.39. The molecule has 0 spiro atoms. The van der Waals surface area contributed by atoms with E-state index < -0.39 is 0 Å². The lowest BCUT2D eigenvalue weighted by atomic mass is 10.3. The number of hydrogen-bond donors (Lipinski definition) is 1. The van der Waals surface area contributed by atoms with Gasteiger partial charge in [-0.05, 0) is 12.1 Å². The van der Waals surface area contributed by atoms with Crippen LogP contribution in [0.5, 0.6) is 0 Å². The van der Waals surface area contributed by atoms with Gasteiger partial charge in [0.2, 0.25) is 0 Å². The molecule has 2 aromatic rings. The van der Waals surface area contributed by atoms with Crippen molar-refractivity contribution in [2.75, 3.05) is 46.4 Å². The Hall–Kier alpha value is -2.94. The Balaban J connectivity index is 1.43. The van der Waals surface area contributed by atoms with Crippen LogP contribution in [0.15, 0.2) is 36.5 Å². The number of nitrogens with one attached hydrogen (secondary N) is 1. The van der Waals surface area contributed by atoms with Crippen molar-refractivity contribution >= 4 is 12.0 Å². The molecule has 1 aliphatic heterocycles. The van der Waals surface area contributed by atoms with Gasteiger partial charge in [-0.25, -0.2) is 4.79 Å². The molecule has 1 N–H and O–H groups in total. The van der Waals surface area contributed by atoms with Gasteiger partial charge < -0.3 is 15.0 Å². The first kappa shape index (κ1) is 17.9. The third kappa shape index (κ3) is 4.37. The van der Waals surface area contributed by atoms with E-state index in [1.165, 1.54) is 18.1 Å². The molecule has 2 heterocycles. The van der Waals surface area contributed by atoms with Crippen molar-refractivity contribution in [2.45, 2.75) is 0 Å². The van der Waals surface area contributed by atoms with Gasteiger partial charge in [0.15, 0.2) is 5.69 Å². The third-order valence-corrected chi connectivity index (χ3v) is 4.23. The topological polar surface area (TPSA) is 92.6 Å². The summed E-state index contributed by atoms with van der Waals surface area (Å²) in [5.41, 5.74) is 1.08. The zero-order valence-electron chi connectivity index (χ0n) is 14.7. The maximum absolute atomic E-state index is 12.2. The average molecular weight is 358 g/mol. The number of benzene rings is 1. The van der Waals surface area contributed by atoms with E-state index in [-0.39, 0.29) is 17.7 Å². The summed E-state index contributed by atoms with van der Waals surface area (Å²) < 4.78 is 4.72. The van der Waals surface area contributed by atoms with Gasteiger partial charge in [0.25, 0.3) is 5.91 Å². The van der Waals surface area contributed by atoms with Gasteiger partial charge in [-0.2, -0.15) is 9.90 Å². The van der Waals surface area contributed by atoms with Crippen LogP contribution < -0.4 is 5.32 Å². The number of amides is 2. The fourth-order valence-corrected chi connectivity index (χ4v) is 2.75. The lowest BCUT2D eigenvalue weighted by Gasteiger charge is -2.33. The summed E-state index contributed by atoms with van der Waals surface area (Å²) in [5.74, 6) is -0.250. The molecule has 0 unspecified atom stereocenters. The number of methoxy groups -OCH3 is 1. The first-order chi connectivity index (χ1) is 12.7. The minimum atomic E-state index is -0.292. The molecule has 1 aromatic carbocycles. The number of rotatable bonds is 5. The predicted molar refractivity (Wildman–Crippen MR) is 94.1 cm³/mol. The number of ether oxygens (including phenoxy) is 1. The summed E-state index contributed by atoms with van der Waals surface area (Å²) >= 11 is 0. The van der Waals surface area contributed by atoms with Gasteiger partial charge in [-0.3, -0.25) is 9.69 Å². The van der Waals surface area contributed by atoms with Crippen LogP contribution in [0.3, 0.4) is 0 Å². The predicted octanol–water partition coefficient (Wildman–Crippen LogP) is 0.381. The standard InChI is InChI=1S/C17H22N6O3/c1-26-17(25)22-11-9-21(10-12-22)8-7-18-16(24)15-13-19-23(20-15)14-5-3-2-4-6-14/h2-6,13H,7-12H2,1H3,(H,18,24). The van der Waals surface area contributed by atoms with Crippen LogP contribution in [0.2, 0.25) is 0 Å². The molecular formula is C17H22N6O3. The Morgan fingerprint density at radius 2 is 1.88 bits per heavy atom. The van der Waals surface area contributed by atoms with Crippen molar-refractivity contribution < 1.29 is 14.3 Å². The summed E-state index contributed by atoms with van der Waals surface area (Å²) in [6.45, 7) is 4.01. The third-order valence-electron chi connectivity index (χ3n) is 4.23. The van der Waals surface area contributed by atoms with E-state index in [4.69, 9.17) is 4.74 Å². The van der Waals surface area contributed by atoms with Gasteiger partial charge in [0.05, 0.1) is 19.0 Å². The largest absolute Gasteiger partial charge is 0.453 e. The summed E-state index contributed by atoms with van der Waals surface area (Å²) in [6, 6.07) is 9.42. The van der Waals surface area contributed by atoms with Crippen molar-refractivity contribution in [2.24, 2.45) is 0 Å². The summed E-state index contributed by atoms with van der Waals surface area (Å²) in [6.07, 6.45) is 1.16. The van der Waals surface area contributed by atoms with E-state index in [1.807, 2.05) is 30.3 Å². The molecule has 138 valence electrons. The fourth-order valence-electron chi connectivity index (χ4n) is 2.75. The summed E-state index contributed by atoms with van der Waals surface area (Å²) in [5, 5.41) is 11.2. The van der Waals surface area contributed by atoms with E-state index in [9.17, 15) is 9.59 Å². The number of carbonyl (C=O) groups is 2. The second-order valence-electron chi connectivity index (χ2n) is 5.91. The normalized spacial score (nSPS) is 14.9. The van der Waals surface area contributed by atoms with Crippen LogP contribution in [0.4, 0.5) is 4.79 Å². The molecule has 2 amide bonds. The number of hydrogen-bond acceptors (Lipinski definition) is 6. The molecule has 9 heteroatoms. The number of piperazine rings is 1. The number of nitrogens with zero attached hydrogens (tertiary/aromatic N) is 5. The number of carbonyl (C=O) groups excluding carboxylic acids is 2. The molecule has 0 atom stereocenters. The fraction of sp³-hybridized carbons (Fsp3) is 0.412. The zero-order valence-corrected chi connectivity index (χ0v) is 14.7. The van der Waals surface area contributed by atoms with Gasteiger partial charge >= 0.3 is 6.09 Å². The Morgan fingerprint density at radius 1 is 1.15 bits per heavy atom. The molecular weight excluding hydrogens is 336 g/mol. The quantitative estimate of drug-likeness (QED) is 0.831. The maximum Gasteiger partial charge on any atom is 0.409 e. The first-order valence-electron chi connectivity index (χ1n) is 8.48. The van der Waals surface area contributed by atoms with Crippen molar-refractivity contribution in [1.29, 1.82) is 0 Å². The molecule has 9 nitrogen and oxygen atoms in total. The second-order valence-corrected chi connectivity index (χ2v) is 5.91. The lowest BCUT2D eigenvalue weighted by molar-refractivity contribution is 0.0883. The van der Waals surface area contributed by atoms with E-state index in [1.54, 1.807) is 4.90 Å². The molecule has 0 bridgehead atoms. The minimum absolute atomic E-state index is 0.250. The van der Waals surface area contributed by atoms with Crippen LogP contribution in [0.1, 0.15) is 10.5 Å². The van der Waals surface area contributed by atoms with E-state index in [0.29, 0.717) is 26.2 Å². The number of para-hydroxylation sites is 1. The van der Waals surface area contributed by atoms with Crippen LogP contribution in [0, 0.1) is 0 Å². The summed E-state index contributed by atoms with van der Waals surface area (Å²) in [4.78, 5) is 29.0. The van der Waals surface area contributed by atoms with Gasteiger partial charge in [-0.1, -0.05) is 18.2 Å². The second kappa shape index (κ2) is 8.43. The van der Waals surface area contributed by atoms with Crippen molar-refractivity contribution in [3.05, 3.63) is 42.2 Å². The molecule has 1 aliphatic rings. The molecule has 0 aliphatic carbocycles. The highest BCUT2D eigenvalue weighted by atomic mass is 16.5.